The first-order valence-electron chi connectivity index (χ1n) is 21.1. The minimum atomic E-state index is -2.05. The van der Waals surface area contributed by atoms with E-state index in [0.29, 0.717) is 33.2 Å². The van der Waals surface area contributed by atoms with Crippen molar-refractivity contribution in [3.63, 3.8) is 0 Å². The van der Waals surface area contributed by atoms with Gasteiger partial charge in [0, 0.05) is 40.4 Å². The van der Waals surface area contributed by atoms with Gasteiger partial charge in [-0.05, 0) is 125 Å². The Morgan fingerprint density at radius 1 is 0.379 bits per heavy atom. The smallest absolute Gasteiger partial charge is 0.143 e. The number of fused-ring (bicyclic) bond motifs is 2. The molecule has 4 heterocycles. The van der Waals surface area contributed by atoms with E-state index in [1.54, 1.807) is 22.7 Å². The second-order valence-corrected chi connectivity index (χ2v) is 33.1. The van der Waals surface area contributed by atoms with Gasteiger partial charge in [-0.3, -0.25) is 0 Å². The summed E-state index contributed by atoms with van der Waals surface area (Å²) in [5.74, 6) is 8.08. The van der Waals surface area contributed by atoms with Crippen LogP contribution >= 0.6 is 45.3 Å². The molecule has 58 heavy (non-hydrogen) atoms. The molecule has 0 radical (unpaired) electrons. The van der Waals surface area contributed by atoms with Gasteiger partial charge >= 0.3 is 0 Å². The maximum absolute atomic E-state index is 4.17. The molecule has 7 aromatic rings. The average Bonchev–Trinajstić information content (AvgIpc) is 4.02. The van der Waals surface area contributed by atoms with Gasteiger partial charge in [0.05, 0.1) is 0 Å². The van der Waals surface area contributed by atoms with Crippen LogP contribution in [0.15, 0.2) is 95.7 Å². The third kappa shape index (κ3) is 7.71. The summed E-state index contributed by atoms with van der Waals surface area (Å²) in [6, 6.07) is 32.2. The van der Waals surface area contributed by atoms with Crippen molar-refractivity contribution in [2.75, 3.05) is 0 Å². The lowest BCUT2D eigenvalue weighted by Gasteiger charge is -2.38. The van der Waals surface area contributed by atoms with Crippen LogP contribution in [-0.2, 0) is 0 Å². The molecular formula is C52H58S4Si2. The number of benzene rings is 3. The van der Waals surface area contributed by atoms with Gasteiger partial charge in [0.15, 0.2) is 0 Å². The molecule has 0 aliphatic heterocycles. The van der Waals surface area contributed by atoms with E-state index in [0.717, 1.165) is 11.1 Å². The van der Waals surface area contributed by atoms with Crippen LogP contribution < -0.4 is 0 Å². The molecule has 0 saturated heterocycles. The second kappa shape index (κ2) is 17.3. The summed E-state index contributed by atoms with van der Waals surface area (Å²) in [5.41, 5.74) is 16.4. The van der Waals surface area contributed by atoms with Gasteiger partial charge in [-0.15, -0.1) is 56.4 Å². The summed E-state index contributed by atoms with van der Waals surface area (Å²) in [6.45, 7) is 29.0. The van der Waals surface area contributed by atoms with Crippen molar-refractivity contribution in [2.45, 2.75) is 116 Å². The average molecular weight is 867 g/mol. The normalized spacial score (nSPS) is 12.4. The van der Waals surface area contributed by atoms with Gasteiger partial charge in [-0.2, -0.15) is 0 Å². The summed E-state index contributed by atoms with van der Waals surface area (Å²) in [4.78, 5) is 7.85. The predicted octanol–water partition coefficient (Wildman–Crippen LogP) is 18.0. The Bertz CT molecular complexity index is 2430. The van der Waals surface area contributed by atoms with Crippen LogP contribution in [0.1, 0.15) is 94.2 Å². The SMILES string of the molecule is CC(C)[Si](C#Cc1c2ccc(-c3ccc(-c4cccs4)s3)cc2c(C#C[Si](C(C)C)(C(C)C)C(C)C)c2ccc(-c3ccc(-c4cccs4)s3)cc12)(C(C)C)C(C)C. The van der Waals surface area contributed by atoms with Crippen molar-refractivity contribution in [3.8, 4) is 63.3 Å². The molecule has 0 unspecified atom stereocenters. The fourth-order valence-corrected chi connectivity index (χ4v) is 24.2. The molecule has 4 aromatic heterocycles. The molecule has 3 aromatic carbocycles. The minimum absolute atomic E-state index is 0.546. The topological polar surface area (TPSA) is 0 Å². The first-order chi connectivity index (χ1) is 27.7. The molecule has 0 fully saturated rings. The van der Waals surface area contributed by atoms with E-state index in [1.807, 2.05) is 22.7 Å². The van der Waals surface area contributed by atoms with Crippen LogP contribution in [0.3, 0.4) is 0 Å². The molecule has 0 amide bonds. The lowest BCUT2D eigenvalue weighted by atomic mass is 9.90. The van der Waals surface area contributed by atoms with Gasteiger partial charge < -0.3 is 0 Å². The molecule has 0 nitrogen and oxygen atoms in total. The third-order valence-corrected chi connectivity index (χ3v) is 29.9. The number of thiophene rings is 4. The summed E-state index contributed by atoms with van der Waals surface area (Å²) in [7, 11) is -4.09. The Labute approximate surface area is 366 Å². The predicted molar refractivity (Wildman–Crippen MR) is 271 cm³/mol. The Morgan fingerprint density at radius 3 is 1.03 bits per heavy atom. The van der Waals surface area contributed by atoms with Gasteiger partial charge in [0.25, 0.3) is 0 Å². The zero-order valence-electron chi connectivity index (χ0n) is 36.3. The first-order valence-corrected chi connectivity index (χ1v) is 28.9. The van der Waals surface area contributed by atoms with E-state index in [4.69, 9.17) is 0 Å². The molecule has 0 atom stereocenters. The highest BCUT2D eigenvalue weighted by Gasteiger charge is 2.43. The van der Waals surface area contributed by atoms with Crippen molar-refractivity contribution in [2.24, 2.45) is 0 Å². The van der Waals surface area contributed by atoms with Gasteiger partial charge in [0.1, 0.15) is 16.1 Å². The molecule has 298 valence electrons. The molecule has 0 spiro atoms. The molecule has 7 rings (SSSR count). The fraction of sp³-hybridized carbons (Fsp3) is 0.346. The van der Waals surface area contributed by atoms with Crippen LogP contribution in [0.4, 0.5) is 0 Å². The summed E-state index contributed by atoms with van der Waals surface area (Å²) >= 11 is 7.37. The fourth-order valence-electron chi connectivity index (χ4n) is 10.1. The molecule has 6 heteroatoms. The molecule has 0 aliphatic rings. The van der Waals surface area contributed by atoms with Gasteiger partial charge in [0.2, 0.25) is 0 Å². The van der Waals surface area contributed by atoms with Crippen LogP contribution in [0, 0.1) is 22.9 Å². The number of hydrogen-bond acceptors (Lipinski definition) is 4. The van der Waals surface area contributed by atoms with Gasteiger partial charge in [-0.25, -0.2) is 0 Å². The standard InChI is InChI=1S/C52H58S4Si2/c1-33(2)57(34(3)4,35(5)6)29-25-43-41-19-17-40(48-22-24-52(56-48)50-16-14-28-54-50)32-46(41)44(26-30-58(36(7)8,37(9)10)38(11)12)42-20-18-39(31-45(42)43)47-21-23-51(55-47)49-15-13-27-53-49/h13-24,27-28,31-38H,1-12H3. The van der Waals surface area contributed by atoms with E-state index in [9.17, 15) is 0 Å². The maximum Gasteiger partial charge on any atom is 0.146 e. The Morgan fingerprint density at radius 2 is 0.724 bits per heavy atom. The van der Waals surface area contributed by atoms with E-state index < -0.39 is 16.1 Å². The van der Waals surface area contributed by atoms with E-state index in [-0.39, 0.29) is 0 Å². The summed E-state index contributed by atoms with van der Waals surface area (Å²) in [6.07, 6.45) is 0. The highest BCUT2D eigenvalue weighted by atomic mass is 32.1. The highest BCUT2D eigenvalue weighted by Crippen LogP contribution is 2.45. The lowest BCUT2D eigenvalue weighted by molar-refractivity contribution is 0.838. The molecule has 0 saturated carbocycles. The molecule has 0 N–H and O–H groups in total. The minimum Gasteiger partial charge on any atom is -0.143 e. The van der Waals surface area contributed by atoms with Crippen molar-refractivity contribution in [1.82, 2.24) is 0 Å². The van der Waals surface area contributed by atoms with Crippen LogP contribution in [0.5, 0.6) is 0 Å². The van der Waals surface area contributed by atoms with E-state index in [2.05, 4.69) is 202 Å². The van der Waals surface area contributed by atoms with E-state index >= 15 is 0 Å². The zero-order valence-corrected chi connectivity index (χ0v) is 41.6. The zero-order chi connectivity index (χ0) is 41.5. The molecular weight excluding hydrogens is 809 g/mol. The van der Waals surface area contributed by atoms with Crippen molar-refractivity contribution in [1.29, 1.82) is 0 Å². The lowest BCUT2D eigenvalue weighted by Crippen LogP contribution is -2.43. The monoisotopic (exact) mass is 866 g/mol. The Kier molecular flexibility index (Phi) is 12.7. The molecule has 0 aliphatic carbocycles. The highest BCUT2D eigenvalue weighted by molar-refractivity contribution is 7.23. The Balaban J connectivity index is 1.57. The third-order valence-electron chi connectivity index (χ3n) is 13.0. The second-order valence-electron chi connectivity index (χ2n) is 17.8. The van der Waals surface area contributed by atoms with Gasteiger partial charge in [-0.1, -0.05) is 131 Å². The number of rotatable bonds is 10. The first kappa shape index (κ1) is 42.7. The van der Waals surface area contributed by atoms with Crippen LogP contribution in [0.25, 0.3) is 61.9 Å². The largest absolute Gasteiger partial charge is 0.146 e. The summed E-state index contributed by atoms with van der Waals surface area (Å²) < 4.78 is 0. The van der Waals surface area contributed by atoms with Crippen molar-refractivity contribution in [3.05, 3.63) is 107 Å². The Hall–Kier alpha value is -3.47. The van der Waals surface area contributed by atoms with Crippen LogP contribution in [-0.4, -0.2) is 16.1 Å². The van der Waals surface area contributed by atoms with E-state index in [1.165, 1.54) is 61.9 Å². The van der Waals surface area contributed by atoms with Crippen molar-refractivity contribution >= 4 is 83.0 Å². The quantitative estimate of drug-likeness (QED) is 0.0730. The number of hydrogen-bond donors (Lipinski definition) is 0. The molecule has 0 bridgehead atoms. The summed E-state index contributed by atoms with van der Waals surface area (Å²) in [5, 5.41) is 9.22. The maximum atomic E-state index is 4.17. The van der Waals surface area contributed by atoms with Crippen molar-refractivity contribution < 1.29 is 0 Å². The van der Waals surface area contributed by atoms with Crippen LogP contribution in [0.2, 0.25) is 33.2 Å².